The molecular weight excluding hydrogens is 428 g/mol. The zero-order valence-corrected chi connectivity index (χ0v) is 16.5. The molecule has 1 aliphatic rings. The van der Waals surface area contributed by atoms with Gasteiger partial charge in [-0.15, -0.1) is 0 Å². The minimum Gasteiger partial charge on any atom is -0.504 e. The first-order valence-electron chi connectivity index (χ1n) is 9.50. The highest BCUT2D eigenvalue weighted by atomic mass is 16.7. The molecule has 5 atom stereocenters. The Morgan fingerprint density at radius 3 is 2.28 bits per heavy atom. The number of hydrogen-bond donors (Lipinski definition) is 7. The maximum Gasteiger partial charge on any atom is 0.229 e. The van der Waals surface area contributed by atoms with Gasteiger partial charge in [0.25, 0.3) is 0 Å². The first-order chi connectivity index (χ1) is 15.1. The van der Waals surface area contributed by atoms with Crippen molar-refractivity contribution in [3.8, 4) is 40.1 Å². The summed E-state index contributed by atoms with van der Waals surface area (Å²) in [6, 6.07) is 5.78. The number of hydrogen-bond acceptors (Lipinski definition) is 11. The average molecular weight is 448 g/mol. The average Bonchev–Trinajstić information content (AvgIpc) is 2.74. The largest absolute Gasteiger partial charge is 0.504 e. The fourth-order valence-corrected chi connectivity index (χ4v) is 3.43. The predicted molar refractivity (Wildman–Crippen MR) is 108 cm³/mol. The Bertz CT molecular complexity index is 1230. The van der Waals surface area contributed by atoms with E-state index in [-0.39, 0.29) is 28.0 Å². The maximum absolute atomic E-state index is 12.7. The second-order valence-corrected chi connectivity index (χ2v) is 7.42. The number of ether oxygens (including phenoxy) is 2. The molecule has 4 rings (SSSR count). The van der Waals surface area contributed by atoms with Gasteiger partial charge in [0.05, 0.1) is 6.10 Å². The number of fused-ring (bicyclic) bond motifs is 1. The summed E-state index contributed by atoms with van der Waals surface area (Å²) < 4.78 is 16.2. The molecule has 7 N–H and O–H groups in total. The molecule has 32 heavy (non-hydrogen) atoms. The van der Waals surface area contributed by atoms with Crippen molar-refractivity contribution in [3.05, 3.63) is 40.6 Å². The van der Waals surface area contributed by atoms with E-state index in [0.29, 0.717) is 0 Å². The van der Waals surface area contributed by atoms with Crippen LogP contribution in [0.2, 0.25) is 0 Å². The van der Waals surface area contributed by atoms with Gasteiger partial charge in [0.2, 0.25) is 12.0 Å². The highest BCUT2D eigenvalue weighted by Gasteiger charge is 2.43. The summed E-state index contributed by atoms with van der Waals surface area (Å²) in [7, 11) is 0. The van der Waals surface area contributed by atoms with Gasteiger partial charge in [0.1, 0.15) is 35.0 Å². The van der Waals surface area contributed by atoms with E-state index in [4.69, 9.17) is 13.9 Å². The number of aliphatic hydroxyl groups is 3. The van der Waals surface area contributed by atoms with Crippen molar-refractivity contribution in [2.45, 2.75) is 37.6 Å². The highest BCUT2D eigenvalue weighted by Crippen LogP contribution is 2.43. The van der Waals surface area contributed by atoms with Crippen molar-refractivity contribution in [3.63, 3.8) is 0 Å². The van der Waals surface area contributed by atoms with Crippen LogP contribution in [-0.2, 0) is 4.74 Å². The number of phenolic OH excluding ortho intramolecular Hbond substituents is 4. The van der Waals surface area contributed by atoms with Crippen LogP contribution in [0.1, 0.15) is 6.92 Å². The van der Waals surface area contributed by atoms with Crippen molar-refractivity contribution < 1.29 is 49.6 Å². The van der Waals surface area contributed by atoms with Gasteiger partial charge in [0, 0.05) is 17.7 Å². The molecular formula is C21H20O11. The molecule has 11 nitrogen and oxygen atoms in total. The van der Waals surface area contributed by atoms with Crippen LogP contribution in [0, 0.1) is 0 Å². The number of aliphatic hydroxyl groups excluding tert-OH is 3. The third-order valence-electron chi connectivity index (χ3n) is 5.23. The van der Waals surface area contributed by atoms with E-state index < -0.39 is 59.1 Å². The van der Waals surface area contributed by atoms with Gasteiger partial charge < -0.3 is 49.6 Å². The van der Waals surface area contributed by atoms with Crippen molar-refractivity contribution >= 4 is 11.0 Å². The summed E-state index contributed by atoms with van der Waals surface area (Å²) >= 11 is 0. The normalized spacial score (nSPS) is 25.7. The van der Waals surface area contributed by atoms with Crippen molar-refractivity contribution in [2.24, 2.45) is 0 Å². The van der Waals surface area contributed by atoms with Gasteiger partial charge in [-0.1, -0.05) is 0 Å². The third-order valence-corrected chi connectivity index (χ3v) is 5.23. The lowest BCUT2D eigenvalue weighted by Crippen LogP contribution is -2.58. The van der Waals surface area contributed by atoms with Crippen LogP contribution in [0.4, 0.5) is 0 Å². The molecule has 1 unspecified atom stereocenters. The standard InChI is InChI=1S/C21H20O11/c1-7-16(26)18(28)19(29)21(30-7)32-20-12(25)6-14-15(17(20)27)11(24)5-13(31-14)8-2-3-9(22)10(23)4-8/h2-7,16,18-19,21-23,25-29H,1H3/t7-,16+,18+,19-,21?/m1/s1. The molecule has 1 fully saturated rings. The molecule has 0 radical (unpaired) electrons. The molecule has 2 aromatic carbocycles. The minimum atomic E-state index is -1.71. The van der Waals surface area contributed by atoms with Crippen LogP contribution in [0.15, 0.2) is 39.5 Å². The van der Waals surface area contributed by atoms with Crippen molar-refractivity contribution in [1.82, 2.24) is 0 Å². The lowest BCUT2D eigenvalue weighted by atomic mass is 10.00. The lowest BCUT2D eigenvalue weighted by molar-refractivity contribution is -0.268. The first-order valence-corrected chi connectivity index (χ1v) is 9.50. The van der Waals surface area contributed by atoms with Gasteiger partial charge in [0.15, 0.2) is 28.4 Å². The van der Waals surface area contributed by atoms with E-state index in [1.54, 1.807) is 0 Å². The maximum atomic E-state index is 12.7. The second-order valence-electron chi connectivity index (χ2n) is 7.42. The fraction of sp³-hybridized carbons (Fsp3) is 0.286. The minimum absolute atomic E-state index is 0.0118. The van der Waals surface area contributed by atoms with E-state index >= 15 is 0 Å². The van der Waals surface area contributed by atoms with Crippen molar-refractivity contribution in [2.75, 3.05) is 0 Å². The summed E-state index contributed by atoms with van der Waals surface area (Å²) in [4.78, 5) is 12.7. The molecule has 11 heteroatoms. The summed E-state index contributed by atoms with van der Waals surface area (Å²) in [6.07, 6.45) is -7.20. The summed E-state index contributed by atoms with van der Waals surface area (Å²) in [6.45, 7) is 1.42. The molecule has 1 aliphatic heterocycles. The first kappa shape index (κ1) is 21.7. The Kier molecular flexibility index (Phi) is 5.34. The number of rotatable bonds is 3. The fourth-order valence-electron chi connectivity index (χ4n) is 3.43. The van der Waals surface area contributed by atoms with Crippen LogP contribution in [0.25, 0.3) is 22.3 Å². The molecule has 0 spiro atoms. The molecule has 0 amide bonds. The molecule has 0 bridgehead atoms. The second kappa shape index (κ2) is 7.88. The predicted octanol–water partition coefficient (Wildman–Crippen LogP) is 0.489. The lowest BCUT2D eigenvalue weighted by Gasteiger charge is -2.38. The van der Waals surface area contributed by atoms with Crippen LogP contribution < -0.4 is 10.2 Å². The molecule has 1 aromatic heterocycles. The Hall–Kier alpha value is -3.51. The quantitative estimate of drug-likeness (QED) is 0.276. The highest BCUT2D eigenvalue weighted by molar-refractivity contribution is 5.89. The Balaban J connectivity index is 1.76. The summed E-state index contributed by atoms with van der Waals surface area (Å²) in [5.41, 5.74) is -0.680. The number of benzene rings is 2. The van der Waals surface area contributed by atoms with Crippen LogP contribution >= 0.6 is 0 Å². The zero-order valence-electron chi connectivity index (χ0n) is 16.5. The Morgan fingerprint density at radius 1 is 0.875 bits per heavy atom. The number of phenols is 4. The molecule has 170 valence electrons. The number of aromatic hydroxyl groups is 4. The molecule has 2 heterocycles. The monoisotopic (exact) mass is 448 g/mol. The van der Waals surface area contributed by atoms with E-state index in [1.807, 2.05) is 0 Å². The molecule has 3 aromatic rings. The van der Waals surface area contributed by atoms with E-state index in [2.05, 4.69) is 0 Å². The molecule has 0 saturated carbocycles. The van der Waals surface area contributed by atoms with Gasteiger partial charge in [-0.3, -0.25) is 4.79 Å². The smallest absolute Gasteiger partial charge is 0.229 e. The Morgan fingerprint density at radius 2 is 1.59 bits per heavy atom. The van der Waals surface area contributed by atoms with Gasteiger partial charge >= 0.3 is 0 Å². The molecule has 1 saturated heterocycles. The van der Waals surface area contributed by atoms with Crippen molar-refractivity contribution in [1.29, 1.82) is 0 Å². The topological polar surface area (TPSA) is 190 Å². The third kappa shape index (κ3) is 3.56. The van der Waals surface area contributed by atoms with Gasteiger partial charge in [-0.25, -0.2) is 0 Å². The summed E-state index contributed by atoms with van der Waals surface area (Å²) in [5.74, 6) is -2.87. The summed E-state index contributed by atoms with van der Waals surface area (Å²) in [5, 5.41) is 69.5. The van der Waals surface area contributed by atoms with E-state index in [9.17, 15) is 40.5 Å². The van der Waals surface area contributed by atoms with E-state index in [0.717, 1.165) is 12.1 Å². The SMILES string of the molecule is C[C@H]1OC(Oc2c(O)cc3oc(-c4ccc(O)c(O)c4)cc(=O)c3c2O)[C@H](O)[C@@H](O)[C@H]1O. The molecule has 0 aliphatic carbocycles. The van der Waals surface area contributed by atoms with Crippen LogP contribution in [-0.4, -0.2) is 66.5 Å². The Labute approximate surface area is 179 Å². The van der Waals surface area contributed by atoms with Gasteiger partial charge in [-0.05, 0) is 25.1 Å². The van der Waals surface area contributed by atoms with Crippen LogP contribution in [0.3, 0.4) is 0 Å². The zero-order chi connectivity index (χ0) is 23.3. The van der Waals surface area contributed by atoms with Gasteiger partial charge in [-0.2, -0.15) is 0 Å². The van der Waals surface area contributed by atoms with Crippen LogP contribution in [0.5, 0.6) is 28.7 Å². The van der Waals surface area contributed by atoms with E-state index in [1.165, 1.54) is 25.1 Å².